The van der Waals surface area contributed by atoms with E-state index in [1.165, 1.54) is 23.1 Å². The van der Waals surface area contributed by atoms with Gasteiger partial charge in [0.25, 0.3) is 5.91 Å². The van der Waals surface area contributed by atoms with Crippen LogP contribution in [0.4, 0.5) is 0 Å². The fraction of sp³-hybridized carbons (Fsp3) is 0.300. The van der Waals surface area contributed by atoms with Crippen molar-refractivity contribution in [1.82, 2.24) is 4.90 Å². The zero-order chi connectivity index (χ0) is 13.2. The zero-order valence-corrected chi connectivity index (χ0v) is 11.0. The van der Waals surface area contributed by atoms with Crippen molar-refractivity contribution >= 4 is 27.5 Å². The Bertz CT molecular complexity index is 542. The van der Waals surface area contributed by atoms with E-state index in [-0.39, 0.29) is 21.4 Å². The molecular weight excluding hydrogens is 264 g/mol. The number of amides is 1. The van der Waals surface area contributed by atoms with E-state index in [0.29, 0.717) is 6.54 Å². The number of benzene rings is 1. The van der Waals surface area contributed by atoms with Crippen LogP contribution in [0.3, 0.4) is 0 Å². The van der Waals surface area contributed by atoms with Gasteiger partial charge in [-0.1, -0.05) is 11.6 Å². The van der Waals surface area contributed by atoms with Gasteiger partial charge in [0, 0.05) is 19.2 Å². The Balaban J connectivity index is 3.27. The maximum absolute atomic E-state index is 11.8. The van der Waals surface area contributed by atoms with Gasteiger partial charge in [0.15, 0.2) is 0 Å². The number of nitrogens with zero attached hydrogens (tertiary/aromatic N) is 1. The standard InChI is InChI=1S/C10H13ClN2O3S/c1-3-13(2)10(14)7-4-5-8(11)9(6-7)17(12,15)16/h4-6H,3H2,1-2H3,(H2,12,15,16). The van der Waals surface area contributed by atoms with Crippen molar-refractivity contribution < 1.29 is 13.2 Å². The van der Waals surface area contributed by atoms with Gasteiger partial charge in [-0.3, -0.25) is 4.79 Å². The fourth-order valence-electron chi connectivity index (χ4n) is 1.22. The largest absolute Gasteiger partial charge is 0.342 e. The molecule has 0 atom stereocenters. The van der Waals surface area contributed by atoms with Gasteiger partial charge in [0.1, 0.15) is 4.90 Å². The van der Waals surface area contributed by atoms with Gasteiger partial charge in [0.2, 0.25) is 10.0 Å². The third-order valence-corrected chi connectivity index (χ3v) is 3.70. The molecule has 0 aliphatic carbocycles. The van der Waals surface area contributed by atoms with Crippen LogP contribution in [-0.2, 0) is 10.0 Å². The van der Waals surface area contributed by atoms with Gasteiger partial charge in [0.05, 0.1) is 5.02 Å². The van der Waals surface area contributed by atoms with Crippen LogP contribution < -0.4 is 5.14 Å². The lowest BCUT2D eigenvalue weighted by Gasteiger charge is -2.15. The number of halogens is 1. The molecule has 1 aromatic carbocycles. The average molecular weight is 277 g/mol. The minimum Gasteiger partial charge on any atom is -0.342 e. The number of carbonyl (C=O) groups is 1. The highest BCUT2D eigenvalue weighted by Crippen LogP contribution is 2.22. The van der Waals surface area contributed by atoms with Crippen LogP contribution in [0.1, 0.15) is 17.3 Å². The summed E-state index contributed by atoms with van der Waals surface area (Å²) in [5, 5.41) is 5.00. The predicted octanol–water partition coefficient (Wildman–Crippen LogP) is 1.08. The van der Waals surface area contributed by atoms with Crippen molar-refractivity contribution in [2.75, 3.05) is 13.6 Å². The molecule has 17 heavy (non-hydrogen) atoms. The first kappa shape index (κ1) is 14.0. The van der Waals surface area contributed by atoms with E-state index in [1.54, 1.807) is 7.05 Å². The van der Waals surface area contributed by atoms with Crippen LogP contribution in [0.2, 0.25) is 5.02 Å². The summed E-state index contributed by atoms with van der Waals surface area (Å²) in [6, 6.07) is 4.00. The third-order valence-electron chi connectivity index (χ3n) is 2.31. The molecule has 1 amide bonds. The molecular formula is C10H13ClN2O3S. The molecule has 1 rings (SSSR count). The first-order chi connectivity index (χ1) is 7.77. The number of nitrogens with two attached hydrogens (primary N) is 1. The van der Waals surface area contributed by atoms with Crippen molar-refractivity contribution in [3.05, 3.63) is 28.8 Å². The van der Waals surface area contributed by atoms with Crippen LogP contribution in [0.5, 0.6) is 0 Å². The summed E-state index contributed by atoms with van der Waals surface area (Å²) in [7, 11) is -2.31. The molecule has 0 unspecified atom stereocenters. The maximum Gasteiger partial charge on any atom is 0.253 e. The number of hydrogen-bond acceptors (Lipinski definition) is 3. The van der Waals surface area contributed by atoms with E-state index in [1.807, 2.05) is 6.92 Å². The first-order valence-corrected chi connectivity index (χ1v) is 6.77. The number of carbonyl (C=O) groups excluding carboxylic acids is 1. The maximum atomic E-state index is 11.8. The Morgan fingerprint density at radius 3 is 2.53 bits per heavy atom. The Morgan fingerprint density at radius 1 is 1.47 bits per heavy atom. The normalized spacial score (nSPS) is 11.3. The van der Waals surface area contributed by atoms with E-state index in [2.05, 4.69) is 0 Å². The van der Waals surface area contributed by atoms with Gasteiger partial charge < -0.3 is 4.90 Å². The van der Waals surface area contributed by atoms with Crippen LogP contribution in [0.25, 0.3) is 0 Å². The molecule has 0 saturated carbocycles. The van der Waals surface area contributed by atoms with Crippen molar-refractivity contribution in [3.63, 3.8) is 0 Å². The summed E-state index contributed by atoms with van der Waals surface area (Å²) in [4.78, 5) is 13.0. The smallest absolute Gasteiger partial charge is 0.253 e. The zero-order valence-electron chi connectivity index (χ0n) is 9.47. The predicted molar refractivity (Wildman–Crippen MR) is 65.5 cm³/mol. The average Bonchev–Trinajstić information content (AvgIpc) is 2.26. The lowest BCUT2D eigenvalue weighted by Crippen LogP contribution is -2.26. The molecule has 0 heterocycles. The van der Waals surface area contributed by atoms with Gasteiger partial charge in [-0.2, -0.15) is 0 Å². The van der Waals surface area contributed by atoms with E-state index in [9.17, 15) is 13.2 Å². The third kappa shape index (κ3) is 3.18. The van der Waals surface area contributed by atoms with E-state index in [0.717, 1.165) is 0 Å². The second kappa shape index (κ2) is 5.03. The second-order valence-corrected chi connectivity index (χ2v) is 5.45. The molecule has 0 aliphatic rings. The number of hydrogen-bond donors (Lipinski definition) is 1. The minimum atomic E-state index is -3.92. The molecule has 0 fully saturated rings. The molecule has 0 radical (unpaired) electrons. The second-order valence-electron chi connectivity index (χ2n) is 3.51. The van der Waals surface area contributed by atoms with Gasteiger partial charge in [-0.05, 0) is 25.1 Å². The molecule has 0 aromatic heterocycles. The molecule has 7 heteroatoms. The SMILES string of the molecule is CCN(C)C(=O)c1ccc(Cl)c(S(N)(=O)=O)c1. The minimum absolute atomic E-state index is 0.00296. The summed E-state index contributed by atoms with van der Waals surface area (Å²) in [6.07, 6.45) is 0. The van der Waals surface area contributed by atoms with Crippen LogP contribution in [0.15, 0.2) is 23.1 Å². The topological polar surface area (TPSA) is 80.5 Å². The Hall–Kier alpha value is -1.11. The lowest BCUT2D eigenvalue weighted by molar-refractivity contribution is 0.0802. The van der Waals surface area contributed by atoms with E-state index >= 15 is 0 Å². The van der Waals surface area contributed by atoms with E-state index in [4.69, 9.17) is 16.7 Å². The van der Waals surface area contributed by atoms with Crippen LogP contribution >= 0.6 is 11.6 Å². The molecule has 1 aromatic rings. The summed E-state index contributed by atoms with van der Waals surface area (Å²) in [6.45, 7) is 2.33. The molecule has 94 valence electrons. The molecule has 0 spiro atoms. The number of sulfonamides is 1. The summed E-state index contributed by atoms with van der Waals surface area (Å²) < 4.78 is 22.5. The van der Waals surface area contributed by atoms with Crippen molar-refractivity contribution in [2.45, 2.75) is 11.8 Å². The molecule has 0 aliphatic heterocycles. The molecule has 5 nitrogen and oxygen atoms in total. The van der Waals surface area contributed by atoms with Crippen LogP contribution in [0, 0.1) is 0 Å². The van der Waals surface area contributed by atoms with Gasteiger partial charge in [-0.15, -0.1) is 0 Å². The highest BCUT2D eigenvalue weighted by molar-refractivity contribution is 7.89. The van der Waals surface area contributed by atoms with Crippen molar-refractivity contribution in [2.24, 2.45) is 5.14 Å². The summed E-state index contributed by atoms with van der Waals surface area (Å²) in [5.41, 5.74) is 0.239. The van der Waals surface area contributed by atoms with Crippen molar-refractivity contribution in [3.8, 4) is 0 Å². The van der Waals surface area contributed by atoms with Crippen LogP contribution in [-0.4, -0.2) is 32.8 Å². The van der Waals surface area contributed by atoms with Gasteiger partial charge in [-0.25, -0.2) is 13.6 Å². The fourth-order valence-corrected chi connectivity index (χ4v) is 2.29. The molecule has 2 N–H and O–H groups in total. The van der Waals surface area contributed by atoms with E-state index < -0.39 is 10.0 Å². The number of rotatable bonds is 3. The summed E-state index contributed by atoms with van der Waals surface area (Å²) in [5.74, 6) is -0.283. The highest BCUT2D eigenvalue weighted by atomic mass is 35.5. The lowest BCUT2D eigenvalue weighted by atomic mass is 10.2. The Kier molecular flexibility index (Phi) is 4.13. The molecule has 0 saturated heterocycles. The molecule has 0 bridgehead atoms. The number of primary sulfonamides is 1. The first-order valence-electron chi connectivity index (χ1n) is 4.85. The summed E-state index contributed by atoms with van der Waals surface area (Å²) >= 11 is 5.71. The quantitative estimate of drug-likeness (QED) is 0.897. The Labute approximate surface area is 105 Å². The van der Waals surface area contributed by atoms with Gasteiger partial charge >= 0.3 is 0 Å². The van der Waals surface area contributed by atoms with Crippen molar-refractivity contribution in [1.29, 1.82) is 0 Å². The Morgan fingerprint density at radius 2 is 2.06 bits per heavy atom. The monoisotopic (exact) mass is 276 g/mol. The highest BCUT2D eigenvalue weighted by Gasteiger charge is 2.17.